The Morgan fingerprint density at radius 3 is 2.67 bits per heavy atom. The lowest BCUT2D eigenvalue weighted by Gasteiger charge is -2.32. The van der Waals surface area contributed by atoms with Crippen LogP contribution >= 0.6 is 0 Å². The number of hydrogen-bond donors (Lipinski definition) is 0. The zero-order valence-corrected chi connectivity index (χ0v) is 9.60. The molecule has 5 heteroatoms. The number of carbonyl (C=O) groups excluding carboxylic acids is 1. The summed E-state index contributed by atoms with van der Waals surface area (Å²) in [4.78, 5) is 12.0. The lowest BCUT2D eigenvalue weighted by Crippen LogP contribution is -2.37. The summed E-state index contributed by atoms with van der Waals surface area (Å²) >= 11 is 0. The highest BCUT2D eigenvalue weighted by atomic mass is 32.2. The normalized spacial score (nSPS) is 44.3. The van der Waals surface area contributed by atoms with Crippen LogP contribution in [0.15, 0.2) is 4.40 Å². The van der Waals surface area contributed by atoms with E-state index in [2.05, 4.69) is 4.40 Å². The summed E-state index contributed by atoms with van der Waals surface area (Å²) in [5.41, 5.74) is -0.344. The Morgan fingerprint density at radius 2 is 2.07 bits per heavy atom. The molecular formula is C10H13NO3S. The third kappa shape index (κ3) is 0.826. The largest absolute Gasteiger partial charge is 0.292 e. The average Bonchev–Trinajstić information content (AvgIpc) is 2.54. The smallest absolute Gasteiger partial charge is 0.254 e. The number of rotatable bonds is 0. The van der Waals surface area contributed by atoms with E-state index in [0.29, 0.717) is 5.71 Å². The van der Waals surface area contributed by atoms with E-state index >= 15 is 0 Å². The molecule has 3 rings (SSSR count). The van der Waals surface area contributed by atoms with Crippen molar-refractivity contribution >= 4 is 21.5 Å². The fraction of sp³-hybridized carbons (Fsp3) is 0.800. The third-order valence-electron chi connectivity index (χ3n) is 4.63. The van der Waals surface area contributed by atoms with Gasteiger partial charge in [-0.1, -0.05) is 13.8 Å². The first-order chi connectivity index (χ1) is 6.80. The third-order valence-corrected chi connectivity index (χ3v) is 5.95. The van der Waals surface area contributed by atoms with E-state index in [9.17, 15) is 13.2 Å². The number of carbonyl (C=O) groups is 1. The Kier molecular flexibility index (Phi) is 1.39. The molecule has 2 aliphatic carbocycles. The summed E-state index contributed by atoms with van der Waals surface area (Å²) in [6.45, 7) is 4.01. The molecule has 0 radical (unpaired) electrons. The van der Waals surface area contributed by atoms with E-state index in [-0.39, 0.29) is 22.9 Å². The Labute approximate surface area is 88.8 Å². The van der Waals surface area contributed by atoms with Crippen LogP contribution in [0.25, 0.3) is 0 Å². The Hall–Kier alpha value is -0.710. The molecule has 2 saturated carbocycles. The van der Waals surface area contributed by atoms with Gasteiger partial charge in [0.1, 0.15) is 5.71 Å². The molecule has 1 heterocycles. The van der Waals surface area contributed by atoms with Crippen LogP contribution < -0.4 is 0 Å². The molecule has 1 aliphatic heterocycles. The fourth-order valence-corrected chi connectivity index (χ4v) is 5.52. The minimum absolute atomic E-state index is 0.00764. The highest BCUT2D eigenvalue weighted by Crippen LogP contribution is 2.65. The number of Topliss-reactive ketones (excluding diaryl/α,β-unsaturated/α-hetero) is 1. The lowest BCUT2D eigenvalue weighted by atomic mass is 9.70. The highest BCUT2D eigenvalue weighted by molar-refractivity contribution is 7.90. The van der Waals surface area contributed by atoms with Crippen LogP contribution in [0.4, 0.5) is 0 Å². The Morgan fingerprint density at radius 1 is 1.40 bits per heavy atom. The molecule has 3 aliphatic rings. The van der Waals surface area contributed by atoms with Crippen LogP contribution in [0.3, 0.4) is 0 Å². The number of sulfonamides is 1. The topological polar surface area (TPSA) is 63.6 Å². The van der Waals surface area contributed by atoms with Crippen LogP contribution in [0.1, 0.15) is 26.7 Å². The van der Waals surface area contributed by atoms with Gasteiger partial charge in [-0.05, 0) is 18.3 Å². The predicted octanol–water partition coefficient (Wildman–Crippen LogP) is 0.776. The second-order valence-electron chi connectivity index (χ2n) is 5.43. The average molecular weight is 227 g/mol. The van der Waals surface area contributed by atoms with Crippen LogP contribution in [0.5, 0.6) is 0 Å². The molecule has 0 aromatic heterocycles. The molecule has 0 N–H and O–H groups in total. The molecule has 2 bridgehead atoms. The Bertz CT molecular complexity index is 503. The SMILES string of the molecule is CC1(C)[C@@H]2CC[C@]13CS(=O)(=O)N=C3C2=O. The number of nitrogens with zero attached hydrogens (tertiary/aromatic N) is 1. The van der Waals surface area contributed by atoms with E-state index in [1.165, 1.54) is 0 Å². The van der Waals surface area contributed by atoms with Crippen molar-refractivity contribution in [2.45, 2.75) is 26.7 Å². The van der Waals surface area contributed by atoms with Crippen molar-refractivity contribution < 1.29 is 13.2 Å². The van der Waals surface area contributed by atoms with E-state index in [1.807, 2.05) is 13.8 Å². The first kappa shape index (κ1) is 9.51. The van der Waals surface area contributed by atoms with Crippen LogP contribution in [-0.2, 0) is 14.8 Å². The number of fused-ring (bicyclic) bond motifs is 1. The summed E-state index contributed by atoms with van der Waals surface area (Å²) in [6.07, 6.45) is 1.62. The predicted molar refractivity (Wildman–Crippen MR) is 55.2 cm³/mol. The quantitative estimate of drug-likeness (QED) is 0.614. The molecule has 0 aromatic carbocycles. The van der Waals surface area contributed by atoms with Gasteiger partial charge in [0, 0.05) is 11.3 Å². The molecule has 15 heavy (non-hydrogen) atoms. The first-order valence-corrected chi connectivity index (χ1v) is 6.78. The van der Waals surface area contributed by atoms with Gasteiger partial charge < -0.3 is 0 Å². The molecule has 4 nitrogen and oxygen atoms in total. The standard InChI is InChI=1S/C10H13NO3S/c1-9(2)6-3-4-10(9)5-15(13,14)11-8(10)7(6)12/h6H,3-5H2,1-2H3/t6-,10-/m1/s1. The van der Waals surface area contributed by atoms with Gasteiger partial charge in [-0.2, -0.15) is 4.40 Å². The van der Waals surface area contributed by atoms with E-state index in [4.69, 9.17) is 0 Å². The van der Waals surface area contributed by atoms with Gasteiger partial charge in [0.05, 0.1) is 5.75 Å². The van der Waals surface area contributed by atoms with Gasteiger partial charge in [0.15, 0.2) is 5.78 Å². The summed E-state index contributed by atoms with van der Waals surface area (Å²) in [5, 5.41) is 0. The minimum atomic E-state index is -3.39. The van der Waals surface area contributed by atoms with Gasteiger partial charge in [-0.15, -0.1) is 0 Å². The van der Waals surface area contributed by atoms with Gasteiger partial charge in [-0.3, -0.25) is 4.79 Å². The molecule has 82 valence electrons. The monoisotopic (exact) mass is 227 g/mol. The second-order valence-corrected chi connectivity index (χ2v) is 7.06. The maximum atomic E-state index is 12.0. The van der Waals surface area contributed by atoms with Crippen LogP contribution in [-0.4, -0.2) is 25.7 Å². The van der Waals surface area contributed by atoms with Crippen molar-refractivity contribution in [3.05, 3.63) is 0 Å². The van der Waals surface area contributed by atoms with Crippen molar-refractivity contribution in [3.63, 3.8) is 0 Å². The van der Waals surface area contributed by atoms with Gasteiger partial charge in [0.25, 0.3) is 10.0 Å². The highest BCUT2D eigenvalue weighted by Gasteiger charge is 2.70. The number of ketones is 1. The molecule has 0 unspecified atom stereocenters. The van der Waals surface area contributed by atoms with Crippen molar-refractivity contribution in [2.24, 2.45) is 21.1 Å². The van der Waals surface area contributed by atoms with Crippen molar-refractivity contribution in [3.8, 4) is 0 Å². The fourth-order valence-electron chi connectivity index (χ4n) is 3.63. The van der Waals surface area contributed by atoms with E-state index in [0.717, 1.165) is 12.8 Å². The maximum Gasteiger partial charge on any atom is 0.254 e. The minimum Gasteiger partial charge on any atom is -0.292 e. The van der Waals surface area contributed by atoms with Crippen molar-refractivity contribution in [1.82, 2.24) is 0 Å². The summed E-state index contributed by atoms with van der Waals surface area (Å²) in [5.74, 6) is 0.0176. The summed E-state index contributed by atoms with van der Waals surface area (Å²) in [6, 6.07) is 0. The first-order valence-electron chi connectivity index (χ1n) is 5.18. The summed E-state index contributed by atoms with van der Waals surface area (Å²) in [7, 11) is -3.39. The zero-order valence-electron chi connectivity index (χ0n) is 8.78. The summed E-state index contributed by atoms with van der Waals surface area (Å²) < 4.78 is 26.7. The van der Waals surface area contributed by atoms with E-state index < -0.39 is 15.4 Å². The van der Waals surface area contributed by atoms with Crippen LogP contribution in [0.2, 0.25) is 0 Å². The van der Waals surface area contributed by atoms with Crippen LogP contribution in [0, 0.1) is 16.7 Å². The van der Waals surface area contributed by atoms with Gasteiger partial charge >= 0.3 is 0 Å². The van der Waals surface area contributed by atoms with Crippen molar-refractivity contribution in [1.29, 1.82) is 0 Å². The number of hydrogen-bond acceptors (Lipinski definition) is 3. The lowest BCUT2D eigenvalue weighted by molar-refractivity contribution is -0.117. The van der Waals surface area contributed by atoms with E-state index in [1.54, 1.807) is 0 Å². The second kappa shape index (κ2) is 2.19. The Balaban J connectivity index is 2.30. The zero-order chi connectivity index (χ0) is 11.1. The molecule has 2 fully saturated rings. The molecule has 0 amide bonds. The molecular weight excluding hydrogens is 214 g/mol. The molecule has 1 spiro atoms. The maximum absolute atomic E-state index is 12.0. The molecule has 0 aromatic rings. The molecule has 2 atom stereocenters. The molecule has 0 saturated heterocycles. The van der Waals surface area contributed by atoms with Gasteiger partial charge in [0.2, 0.25) is 0 Å². The van der Waals surface area contributed by atoms with Gasteiger partial charge in [-0.25, -0.2) is 8.42 Å². The van der Waals surface area contributed by atoms with Crippen molar-refractivity contribution in [2.75, 3.05) is 5.75 Å².